The van der Waals surface area contributed by atoms with Gasteiger partial charge in [-0.2, -0.15) is 0 Å². The molecule has 114 valence electrons. The second-order valence-electron chi connectivity index (χ2n) is 5.80. The Balaban J connectivity index is 1.73. The van der Waals surface area contributed by atoms with E-state index in [0.717, 1.165) is 56.1 Å². The van der Waals surface area contributed by atoms with E-state index in [0.29, 0.717) is 6.61 Å². The van der Waals surface area contributed by atoms with E-state index < -0.39 is 0 Å². The molecule has 4 nitrogen and oxygen atoms in total. The molecule has 1 aromatic rings. The Morgan fingerprint density at radius 3 is 3.14 bits per heavy atom. The normalized spacial score (nSPS) is 24.1. The molecule has 1 atom stereocenters. The average Bonchev–Trinajstić information content (AvgIpc) is 2.88. The smallest absolute Gasteiger partial charge is 0.141 e. The van der Waals surface area contributed by atoms with Crippen LogP contribution in [-0.4, -0.2) is 43.3 Å². The Morgan fingerprint density at radius 1 is 1.43 bits per heavy atom. The van der Waals surface area contributed by atoms with Crippen LogP contribution in [0.4, 0.5) is 0 Å². The quantitative estimate of drug-likeness (QED) is 0.903. The Hall–Kier alpha value is -1.52. The Kier molecular flexibility index (Phi) is 4.17. The molecule has 4 heteroatoms. The van der Waals surface area contributed by atoms with Gasteiger partial charge in [-0.15, -0.1) is 0 Å². The van der Waals surface area contributed by atoms with E-state index in [1.54, 1.807) is 0 Å². The summed E-state index contributed by atoms with van der Waals surface area (Å²) < 4.78 is 11.9. The summed E-state index contributed by atoms with van der Waals surface area (Å²) in [5, 5.41) is 0. The minimum Gasteiger partial charge on any atom is -0.494 e. The zero-order chi connectivity index (χ0) is 14.7. The zero-order valence-electron chi connectivity index (χ0n) is 12.7. The number of hydrogen-bond donors (Lipinski definition) is 1. The molecular formula is C17H24N2O2. The summed E-state index contributed by atoms with van der Waals surface area (Å²) in [4.78, 5) is 2.44. The number of nitrogens with zero attached hydrogens (tertiary/aromatic N) is 1. The van der Waals surface area contributed by atoms with Crippen molar-refractivity contribution in [2.24, 2.45) is 5.73 Å². The van der Waals surface area contributed by atoms with Crippen molar-refractivity contribution >= 4 is 6.08 Å². The van der Waals surface area contributed by atoms with E-state index in [1.165, 1.54) is 0 Å². The van der Waals surface area contributed by atoms with Crippen LogP contribution < -0.4 is 15.2 Å². The first kappa shape index (κ1) is 14.4. The van der Waals surface area contributed by atoms with Crippen molar-refractivity contribution in [2.45, 2.75) is 25.4 Å². The molecule has 2 aliphatic heterocycles. The molecule has 1 fully saturated rings. The highest BCUT2D eigenvalue weighted by Crippen LogP contribution is 2.38. The van der Waals surface area contributed by atoms with Crippen molar-refractivity contribution in [1.29, 1.82) is 0 Å². The second-order valence-corrected chi connectivity index (χ2v) is 5.80. The highest BCUT2D eigenvalue weighted by atomic mass is 16.5. The predicted molar refractivity (Wildman–Crippen MR) is 84.7 cm³/mol. The van der Waals surface area contributed by atoms with Crippen molar-refractivity contribution in [3.63, 3.8) is 0 Å². The van der Waals surface area contributed by atoms with Crippen molar-refractivity contribution in [2.75, 3.05) is 32.8 Å². The lowest BCUT2D eigenvalue weighted by Gasteiger charge is -2.31. The maximum Gasteiger partial charge on any atom is 0.141 e. The van der Waals surface area contributed by atoms with Crippen LogP contribution in [0.5, 0.6) is 11.5 Å². The Bertz CT molecular complexity index is 530. The molecule has 0 aliphatic carbocycles. The highest BCUT2D eigenvalue weighted by molar-refractivity contribution is 5.63. The molecule has 0 radical (unpaired) electrons. The summed E-state index contributed by atoms with van der Waals surface area (Å²) in [6.07, 6.45) is 6.48. The van der Waals surface area contributed by atoms with E-state index in [1.807, 2.05) is 19.1 Å². The SMILES string of the molecule is CCOc1ccc2c(c1)OC1(C=C2)CCN(CCCN)C1. The standard InChI is InChI=1S/C17H24N2O2/c1-2-20-15-5-4-14-6-7-17(21-16(14)12-15)8-11-19(13-17)10-3-9-18/h4-7,12H,2-3,8-11,13,18H2,1H3. The van der Waals surface area contributed by atoms with Crippen molar-refractivity contribution in [1.82, 2.24) is 4.90 Å². The molecule has 0 bridgehead atoms. The number of ether oxygens (including phenoxy) is 2. The first-order valence-electron chi connectivity index (χ1n) is 7.82. The van der Waals surface area contributed by atoms with E-state index >= 15 is 0 Å². The van der Waals surface area contributed by atoms with Crippen molar-refractivity contribution in [3.05, 3.63) is 29.8 Å². The van der Waals surface area contributed by atoms with Crippen LogP contribution in [0.15, 0.2) is 24.3 Å². The van der Waals surface area contributed by atoms with E-state index in [2.05, 4.69) is 23.1 Å². The average molecular weight is 288 g/mol. The largest absolute Gasteiger partial charge is 0.494 e. The van der Waals surface area contributed by atoms with Crippen molar-refractivity contribution in [3.8, 4) is 11.5 Å². The fourth-order valence-corrected chi connectivity index (χ4v) is 3.10. The molecule has 21 heavy (non-hydrogen) atoms. The monoisotopic (exact) mass is 288 g/mol. The topological polar surface area (TPSA) is 47.7 Å². The van der Waals surface area contributed by atoms with Crippen molar-refractivity contribution < 1.29 is 9.47 Å². The van der Waals surface area contributed by atoms with Gasteiger partial charge in [-0.25, -0.2) is 0 Å². The van der Waals surface area contributed by atoms with E-state index in [9.17, 15) is 0 Å². The highest BCUT2D eigenvalue weighted by Gasteiger charge is 2.39. The first-order valence-corrected chi connectivity index (χ1v) is 7.82. The fourth-order valence-electron chi connectivity index (χ4n) is 3.10. The van der Waals surface area contributed by atoms with Gasteiger partial charge in [0.25, 0.3) is 0 Å². The molecule has 3 rings (SSSR count). The second kappa shape index (κ2) is 6.08. The maximum absolute atomic E-state index is 6.34. The maximum atomic E-state index is 6.34. The third-order valence-electron chi connectivity index (χ3n) is 4.20. The van der Waals surface area contributed by atoms with Crippen LogP contribution in [0.1, 0.15) is 25.3 Å². The lowest BCUT2D eigenvalue weighted by Crippen LogP contribution is -2.39. The van der Waals surface area contributed by atoms with Crippen LogP contribution in [0.2, 0.25) is 0 Å². The molecule has 0 aromatic heterocycles. The summed E-state index contributed by atoms with van der Waals surface area (Å²) in [5.41, 5.74) is 6.55. The van der Waals surface area contributed by atoms with Gasteiger partial charge in [-0.1, -0.05) is 6.08 Å². The van der Waals surface area contributed by atoms with Gasteiger partial charge in [0.05, 0.1) is 6.61 Å². The number of benzene rings is 1. The number of rotatable bonds is 5. The molecule has 0 saturated carbocycles. The van der Waals surface area contributed by atoms with Crippen LogP contribution in [0.3, 0.4) is 0 Å². The third-order valence-corrected chi connectivity index (χ3v) is 4.20. The lowest BCUT2D eigenvalue weighted by molar-refractivity contribution is 0.122. The summed E-state index contributed by atoms with van der Waals surface area (Å²) in [5.74, 6) is 1.81. The van der Waals surface area contributed by atoms with Gasteiger partial charge in [0.15, 0.2) is 0 Å². The van der Waals surface area contributed by atoms with Gasteiger partial charge >= 0.3 is 0 Å². The first-order chi connectivity index (χ1) is 10.2. The van der Waals surface area contributed by atoms with E-state index in [-0.39, 0.29) is 5.60 Å². The molecule has 2 aliphatic rings. The van der Waals surface area contributed by atoms with Gasteiger partial charge in [0.2, 0.25) is 0 Å². The number of nitrogens with two attached hydrogens (primary N) is 1. The van der Waals surface area contributed by atoms with Gasteiger partial charge in [0.1, 0.15) is 17.1 Å². The minimum absolute atomic E-state index is 0.174. The Morgan fingerprint density at radius 2 is 2.33 bits per heavy atom. The number of hydrogen-bond acceptors (Lipinski definition) is 4. The predicted octanol–water partition coefficient (Wildman–Crippen LogP) is 2.28. The molecule has 1 unspecified atom stereocenters. The van der Waals surface area contributed by atoms with Gasteiger partial charge in [0, 0.05) is 31.1 Å². The molecule has 2 N–H and O–H groups in total. The molecule has 1 spiro atoms. The number of likely N-dealkylation sites (tertiary alicyclic amines) is 1. The zero-order valence-corrected chi connectivity index (χ0v) is 12.7. The van der Waals surface area contributed by atoms with Gasteiger partial charge in [-0.3, -0.25) is 4.90 Å². The molecular weight excluding hydrogens is 264 g/mol. The van der Waals surface area contributed by atoms with Crippen LogP contribution in [-0.2, 0) is 0 Å². The lowest BCUT2D eigenvalue weighted by atomic mass is 9.97. The fraction of sp³-hybridized carbons (Fsp3) is 0.529. The van der Waals surface area contributed by atoms with Gasteiger partial charge in [-0.05, 0) is 44.6 Å². The number of fused-ring (bicyclic) bond motifs is 1. The minimum atomic E-state index is -0.174. The molecule has 1 saturated heterocycles. The van der Waals surface area contributed by atoms with Crippen LogP contribution in [0, 0.1) is 0 Å². The third kappa shape index (κ3) is 3.06. The summed E-state index contributed by atoms with van der Waals surface area (Å²) >= 11 is 0. The molecule has 0 amide bonds. The summed E-state index contributed by atoms with van der Waals surface area (Å²) in [6.45, 7) is 6.50. The van der Waals surface area contributed by atoms with Crippen LogP contribution in [0.25, 0.3) is 6.08 Å². The summed E-state index contributed by atoms with van der Waals surface area (Å²) in [7, 11) is 0. The van der Waals surface area contributed by atoms with E-state index in [4.69, 9.17) is 15.2 Å². The molecule has 1 aromatic carbocycles. The van der Waals surface area contributed by atoms with Gasteiger partial charge < -0.3 is 15.2 Å². The summed E-state index contributed by atoms with van der Waals surface area (Å²) in [6, 6.07) is 6.06. The van der Waals surface area contributed by atoms with Crippen LogP contribution >= 0.6 is 0 Å². The Labute approximate surface area is 126 Å². The molecule has 2 heterocycles.